The zero-order chi connectivity index (χ0) is 15.8. The number of aryl methyl sites for hydroxylation is 1. The molecule has 1 heterocycles. The van der Waals surface area contributed by atoms with E-state index in [9.17, 15) is 0 Å². The standard InChI is InChI=1S/C16H26N4O/c1-6-14(11-17-7-8-20(4)5)15-9-16(13(3)19-21)18-10-12(15)2/h6,9-10,17,19,21H,3,7-8,11H2,1-2,4-5H3/b14-6-. The molecule has 1 rings (SSSR count). The van der Waals surface area contributed by atoms with Crippen molar-refractivity contribution in [2.24, 2.45) is 0 Å². The van der Waals surface area contributed by atoms with Crippen molar-refractivity contribution in [3.8, 4) is 0 Å². The van der Waals surface area contributed by atoms with Crippen LogP contribution < -0.4 is 10.8 Å². The Morgan fingerprint density at radius 1 is 1.48 bits per heavy atom. The van der Waals surface area contributed by atoms with E-state index in [1.807, 2.05) is 19.9 Å². The Balaban J connectivity index is 2.83. The molecule has 0 amide bonds. The monoisotopic (exact) mass is 290 g/mol. The van der Waals surface area contributed by atoms with Crippen molar-refractivity contribution in [1.82, 2.24) is 20.7 Å². The van der Waals surface area contributed by atoms with Gasteiger partial charge in [0.05, 0.1) is 11.4 Å². The summed E-state index contributed by atoms with van der Waals surface area (Å²) >= 11 is 0. The predicted octanol–water partition coefficient (Wildman–Crippen LogP) is 1.89. The van der Waals surface area contributed by atoms with Gasteiger partial charge in [-0.15, -0.1) is 0 Å². The topological polar surface area (TPSA) is 60.4 Å². The van der Waals surface area contributed by atoms with Crippen molar-refractivity contribution in [3.05, 3.63) is 41.7 Å². The molecule has 0 saturated heterocycles. The first-order chi connectivity index (χ1) is 9.99. The number of hydrogen-bond acceptors (Lipinski definition) is 5. The summed E-state index contributed by atoms with van der Waals surface area (Å²) < 4.78 is 0. The molecule has 0 aliphatic carbocycles. The SMILES string of the molecule is C=C(NO)c1cc(/C(=C\C)CNCCN(C)C)c(C)cn1. The minimum Gasteiger partial charge on any atom is -0.311 e. The number of hydroxylamine groups is 1. The molecule has 0 fully saturated rings. The highest BCUT2D eigenvalue weighted by molar-refractivity contribution is 5.72. The van der Waals surface area contributed by atoms with Gasteiger partial charge < -0.3 is 10.2 Å². The highest BCUT2D eigenvalue weighted by atomic mass is 16.5. The van der Waals surface area contributed by atoms with Gasteiger partial charge in [-0.25, -0.2) is 0 Å². The lowest BCUT2D eigenvalue weighted by Gasteiger charge is -2.15. The van der Waals surface area contributed by atoms with Crippen molar-refractivity contribution >= 4 is 11.3 Å². The quantitative estimate of drug-likeness (QED) is 0.504. The van der Waals surface area contributed by atoms with Crippen LogP contribution >= 0.6 is 0 Å². The molecular weight excluding hydrogens is 264 g/mol. The molecule has 5 nitrogen and oxygen atoms in total. The summed E-state index contributed by atoms with van der Waals surface area (Å²) in [5, 5.41) is 12.4. The van der Waals surface area contributed by atoms with Crippen molar-refractivity contribution in [3.63, 3.8) is 0 Å². The van der Waals surface area contributed by atoms with Gasteiger partial charge in [-0.05, 0) is 50.7 Å². The lowest BCUT2D eigenvalue weighted by molar-refractivity contribution is 0.224. The summed E-state index contributed by atoms with van der Waals surface area (Å²) in [6.45, 7) is 10.5. The van der Waals surface area contributed by atoms with Crippen LogP contribution in [0.1, 0.15) is 23.7 Å². The number of hydrogen-bond donors (Lipinski definition) is 3. The van der Waals surface area contributed by atoms with E-state index in [1.54, 1.807) is 6.20 Å². The molecule has 0 aromatic carbocycles. The molecule has 0 unspecified atom stereocenters. The Labute approximate surface area is 127 Å². The highest BCUT2D eigenvalue weighted by Gasteiger charge is 2.08. The van der Waals surface area contributed by atoms with Gasteiger partial charge >= 0.3 is 0 Å². The fourth-order valence-corrected chi connectivity index (χ4v) is 1.97. The van der Waals surface area contributed by atoms with Gasteiger partial charge in [0.2, 0.25) is 0 Å². The highest BCUT2D eigenvalue weighted by Crippen LogP contribution is 2.20. The molecule has 1 aromatic heterocycles. The smallest absolute Gasteiger partial charge is 0.0884 e. The first kappa shape index (κ1) is 17.4. The maximum atomic E-state index is 8.95. The molecule has 1 aromatic rings. The minimum absolute atomic E-state index is 0.396. The zero-order valence-corrected chi connectivity index (χ0v) is 13.4. The average Bonchev–Trinajstić information content (AvgIpc) is 2.47. The summed E-state index contributed by atoms with van der Waals surface area (Å²) in [6.07, 6.45) is 3.90. The minimum atomic E-state index is 0.396. The second-order valence-electron chi connectivity index (χ2n) is 5.27. The maximum absolute atomic E-state index is 8.95. The number of rotatable bonds is 8. The third-order valence-electron chi connectivity index (χ3n) is 3.29. The van der Waals surface area contributed by atoms with Crippen molar-refractivity contribution in [2.75, 3.05) is 33.7 Å². The van der Waals surface area contributed by atoms with E-state index in [-0.39, 0.29) is 0 Å². The van der Waals surface area contributed by atoms with Crippen LogP contribution in [0.5, 0.6) is 0 Å². The van der Waals surface area contributed by atoms with Crippen molar-refractivity contribution < 1.29 is 5.21 Å². The number of aromatic nitrogens is 1. The Hall–Kier alpha value is -1.69. The number of pyridine rings is 1. The van der Waals surface area contributed by atoms with Crippen molar-refractivity contribution in [2.45, 2.75) is 13.8 Å². The predicted molar refractivity (Wildman–Crippen MR) is 88.0 cm³/mol. The Morgan fingerprint density at radius 2 is 2.19 bits per heavy atom. The molecule has 0 aliphatic rings. The summed E-state index contributed by atoms with van der Waals surface area (Å²) in [6, 6.07) is 1.95. The number of likely N-dealkylation sites (N-methyl/N-ethyl adjacent to an activating group) is 1. The molecular formula is C16H26N4O. The van der Waals surface area contributed by atoms with E-state index in [0.717, 1.165) is 30.8 Å². The molecule has 21 heavy (non-hydrogen) atoms. The Morgan fingerprint density at radius 3 is 2.76 bits per heavy atom. The fourth-order valence-electron chi connectivity index (χ4n) is 1.97. The number of allylic oxidation sites excluding steroid dienone is 1. The summed E-state index contributed by atoms with van der Waals surface area (Å²) in [4.78, 5) is 6.42. The number of nitrogens with one attached hydrogen (secondary N) is 2. The van der Waals surface area contributed by atoms with E-state index in [4.69, 9.17) is 5.21 Å². The second kappa shape index (κ2) is 8.56. The molecule has 0 atom stereocenters. The number of nitrogens with zero attached hydrogens (tertiary/aromatic N) is 2. The van der Waals surface area contributed by atoms with Gasteiger partial charge in [0.1, 0.15) is 0 Å². The fraction of sp³-hybridized carbons (Fsp3) is 0.438. The van der Waals surface area contributed by atoms with Gasteiger partial charge in [0.15, 0.2) is 0 Å². The Kier molecular flexibility index (Phi) is 7.08. The first-order valence-corrected chi connectivity index (χ1v) is 7.06. The summed E-state index contributed by atoms with van der Waals surface area (Å²) in [5.41, 5.74) is 6.53. The lowest BCUT2D eigenvalue weighted by atomic mass is 10.0. The van der Waals surface area contributed by atoms with E-state index >= 15 is 0 Å². The molecule has 0 radical (unpaired) electrons. The molecule has 0 saturated carbocycles. The zero-order valence-electron chi connectivity index (χ0n) is 13.4. The first-order valence-electron chi connectivity index (χ1n) is 7.06. The van der Waals surface area contributed by atoms with Gasteiger partial charge in [-0.1, -0.05) is 12.7 Å². The lowest BCUT2D eigenvalue weighted by Crippen LogP contribution is -2.27. The van der Waals surface area contributed by atoms with E-state index in [0.29, 0.717) is 11.4 Å². The van der Waals surface area contributed by atoms with Crippen LogP contribution in [-0.2, 0) is 0 Å². The summed E-state index contributed by atoms with van der Waals surface area (Å²) in [7, 11) is 4.12. The van der Waals surface area contributed by atoms with Crippen LogP contribution in [0.25, 0.3) is 11.3 Å². The maximum Gasteiger partial charge on any atom is 0.0884 e. The Bertz CT molecular complexity index is 509. The molecule has 116 valence electrons. The summed E-state index contributed by atoms with van der Waals surface area (Å²) in [5.74, 6) is 0. The van der Waals surface area contributed by atoms with Crippen LogP contribution in [0.15, 0.2) is 24.9 Å². The molecule has 5 heteroatoms. The second-order valence-corrected chi connectivity index (χ2v) is 5.27. The third-order valence-corrected chi connectivity index (χ3v) is 3.29. The van der Waals surface area contributed by atoms with E-state index < -0.39 is 0 Å². The van der Waals surface area contributed by atoms with Crippen LogP contribution in [0, 0.1) is 6.92 Å². The third kappa shape index (κ3) is 5.30. The average molecular weight is 290 g/mol. The van der Waals surface area contributed by atoms with Crippen LogP contribution in [0.4, 0.5) is 0 Å². The molecule has 0 aliphatic heterocycles. The molecule has 0 bridgehead atoms. The normalized spacial score (nSPS) is 11.8. The largest absolute Gasteiger partial charge is 0.311 e. The van der Waals surface area contributed by atoms with Crippen LogP contribution in [0.2, 0.25) is 0 Å². The van der Waals surface area contributed by atoms with Crippen LogP contribution in [-0.4, -0.2) is 48.8 Å². The van der Waals surface area contributed by atoms with Gasteiger partial charge in [-0.2, -0.15) is 0 Å². The van der Waals surface area contributed by atoms with E-state index in [2.05, 4.69) is 47.4 Å². The van der Waals surface area contributed by atoms with E-state index in [1.165, 1.54) is 5.57 Å². The van der Waals surface area contributed by atoms with Crippen molar-refractivity contribution in [1.29, 1.82) is 0 Å². The molecule has 0 spiro atoms. The van der Waals surface area contributed by atoms with Gasteiger partial charge in [0.25, 0.3) is 0 Å². The van der Waals surface area contributed by atoms with Gasteiger partial charge in [0, 0.05) is 25.8 Å². The van der Waals surface area contributed by atoms with Gasteiger partial charge in [-0.3, -0.25) is 15.7 Å². The molecule has 3 N–H and O–H groups in total. The van der Waals surface area contributed by atoms with Crippen LogP contribution in [0.3, 0.4) is 0 Å².